The van der Waals surface area contributed by atoms with Gasteiger partial charge in [0, 0.05) is 24.8 Å². The zero-order chi connectivity index (χ0) is 26.0. The maximum absolute atomic E-state index is 13.0. The number of nitrogen functional groups attached to an aromatic ring is 1. The molecule has 0 bridgehead atoms. The number of anilines is 2. The Bertz CT molecular complexity index is 1480. The van der Waals surface area contributed by atoms with Crippen LogP contribution in [0.25, 0.3) is 22.3 Å². The highest BCUT2D eigenvalue weighted by molar-refractivity contribution is 6.32. The molecule has 1 aromatic carbocycles. The molecule has 1 atom stereocenters. The fourth-order valence-electron chi connectivity index (χ4n) is 3.27. The van der Waals surface area contributed by atoms with Crippen LogP contribution in [0.1, 0.15) is 12.6 Å². The summed E-state index contributed by atoms with van der Waals surface area (Å²) < 4.78 is 50.2. The van der Waals surface area contributed by atoms with Crippen LogP contribution in [0, 0.1) is 0 Å². The lowest BCUT2D eigenvalue weighted by Crippen LogP contribution is -2.22. The average molecular weight is 522 g/mol. The number of pyridine rings is 1. The first-order valence-corrected chi connectivity index (χ1v) is 10.8. The van der Waals surface area contributed by atoms with E-state index in [1.54, 1.807) is 18.2 Å². The second kappa shape index (κ2) is 9.95. The molecule has 0 spiro atoms. The van der Waals surface area contributed by atoms with Crippen molar-refractivity contribution in [2.24, 2.45) is 0 Å². The van der Waals surface area contributed by atoms with Gasteiger partial charge in [-0.3, -0.25) is 4.79 Å². The molecule has 36 heavy (non-hydrogen) atoms. The SMILES string of the molecule is COCC(C)Nc1nc(Oc2cccc3[nH]c(=O)c(N)nc23)cc(-c2ccc(C(F)(F)F)nc2Cl)n1. The Hall–Kier alpha value is -3.97. The Morgan fingerprint density at radius 1 is 1.17 bits per heavy atom. The first kappa shape index (κ1) is 25.1. The predicted octanol–water partition coefficient (Wildman–Crippen LogP) is 4.27. The monoisotopic (exact) mass is 521 g/mol. The Balaban J connectivity index is 1.80. The molecule has 0 radical (unpaired) electrons. The summed E-state index contributed by atoms with van der Waals surface area (Å²) in [6.07, 6.45) is -4.66. The number of alkyl halides is 3. The van der Waals surface area contributed by atoms with Crippen molar-refractivity contribution in [3.05, 3.63) is 57.6 Å². The van der Waals surface area contributed by atoms with E-state index in [1.807, 2.05) is 6.92 Å². The topological polar surface area (TPSA) is 141 Å². The molecule has 0 saturated heterocycles. The van der Waals surface area contributed by atoms with Crippen LogP contribution in [0.4, 0.5) is 24.9 Å². The van der Waals surface area contributed by atoms with Gasteiger partial charge < -0.3 is 25.5 Å². The number of benzene rings is 1. The normalized spacial score (nSPS) is 12.5. The Morgan fingerprint density at radius 3 is 2.64 bits per heavy atom. The number of H-pyrrole nitrogens is 1. The van der Waals surface area contributed by atoms with Gasteiger partial charge in [-0.25, -0.2) is 15.0 Å². The molecule has 1 unspecified atom stereocenters. The van der Waals surface area contributed by atoms with Gasteiger partial charge in [0.15, 0.2) is 11.6 Å². The standard InChI is InChI=1S/C22H19ClF3N7O3/c1-10(9-35-2)28-21-30-13(11-6-7-15(22(24,25)26)31-18(11)23)8-16(32-21)36-14-5-3-4-12-17(14)33-19(27)20(34)29-12/h3-8,10H,9H2,1-2H3,(H2,27,33)(H,29,34)(H,28,30,32). The molecule has 0 aliphatic carbocycles. The van der Waals surface area contributed by atoms with E-state index in [2.05, 4.69) is 30.2 Å². The zero-order valence-corrected chi connectivity index (χ0v) is 19.6. The Labute approximate surface area is 206 Å². The number of nitrogens with zero attached hydrogens (tertiary/aromatic N) is 4. The summed E-state index contributed by atoms with van der Waals surface area (Å²) in [5.41, 5.74) is 4.90. The van der Waals surface area contributed by atoms with Crippen molar-refractivity contribution < 1.29 is 22.6 Å². The summed E-state index contributed by atoms with van der Waals surface area (Å²) in [6, 6.07) is 7.97. The molecule has 0 aliphatic rings. The van der Waals surface area contributed by atoms with Crippen molar-refractivity contribution in [1.29, 1.82) is 0 Å². The van der Waals surface area contributed by atoms with Gasteiger partial charge in [-0.1, -0.05) is 17.7 Å². The van der Waals surface area contributed by atoms with Crippen molar-refractivity contribution >= 4 is 34.4 Å². The van der Waals surface area contributed by atoms with Gasteiger partial charge in [0.05, 0.1) is 17.8 Å². The van der Waals surface area contributed by atoms with E-state index in [1.165, 1.54) is 13.2 Å². The first-order chi connectivity index (χ1) is 17.0. The van der Waals surface area contributed by atoms with Crippen LogP contribution in [0.2, 0.25) is 5.15 Å². The van der Waals surface area contributed by atoms with Crippen LogP contribution < -0.4 is 21.3 Å². The van der Waals surface area contributed by atoms with Crippen LogP contribution in [0.3, 0.4) is 0 Å². The van der Waals surface area contributed by atoms with E-state index in [-0.39, 0.29) is 46.2 Å². The minimum atomic E-state index is -4.66. The number of hydrogen-bond donors (Lipinski definition) is 3. The molecule has 4 rings (SSSR count). The molecule has 0 fully saturated rings. The van der Waals surface area contributed by atoms with Gasteiger partial charge >= 0.3 is 6.18 Å². The minimum Gasteiger partial charge on any atom is -0.436 e. The van der Waals surface area contributed by atoms with Crippen molar-refractivity contribution in [1.82, 2.24) is 24.9 Å². The summed E-state index contributed by atoms with van der Waals surface area (Å²) in [5.74, 6) is 0.0826. The number of aromatic amines is 1. The van der Waals surface area contributed by atoms with E-state index >= 15 is 0 Å². The minimum absolute atomic E-state index is 0.0159. The summed E-state index contributed by atoms with van der Waals surface area (Å²) in [6.45, 7) is 2.15. The Morgan fingerprint density at radius 2 is 1.94 bits per heavy atom. The van der Waals surface area contributed by atoms with E-state index in [0.29, 0.717) is 12.1 Å². The maximum atomic E-state index is 13.0. The highest BCUT2D eigenvalue weighted by atomic mass is 35.5. The molecule has 4 N–H and O–H groups in total. The van der Waals surface area contributed by atoms with Gasteiger partial charge in [-0.2, -0.15) is 18.2 Å². The van der Waals surface area contributed by atoms with Gasteiger partial charge in [-0.15, -0.1) is 0 Å². The number of ether oxygens (including phenoxy) is 2. The van der Waals surface area contributed by atoms with Crippen molar-refractivity contribution in [3.63, 3.8) is 0 Å². The lowest BCUT2D eigenvalue weighted by atomic mass is 10.2. The molecule has 3 heterocycles. The second-order valence-electron chi connectivity index (χ2n) is 7.65. The quantitative estimate of drug-likeness (QED) is 0.304. The van der Waals surface area contributed by atoms with E-state index in [9.17, 15) is 18.0 Å². The predicted molar refractivity (Wildman–Crippen MR) is 127 cm³/mol. The maximum Gasteiger partial charge on any atom is 0.433 e. The molecule has 10 nitrogen and oxygen atoms in total. The lowest BCUT2D eigenvalue weighted by molar-refractivity contribution is -0.141. The number of rotatable bonds is 7. The summed E-state index contributed by atoms with van der Waals surface area (Å²) >= 11 is 6.09. The van der Waals surface area contributed by atoms with Gasteiger partial charge in [0.25, 0.3) is 5.56 Å². The molecular weight excluding hydrogens is 503 g/mol. The van der Waals surface area contributed by atoms with E-state index in [4.69, 9.17) is 26.8 Å². The Kier molecular flexibility index (Phi) is 6.95. The number of nitrogens with two attached hydrogens (primary N) is 1. The smallest absolute Gasteiger partial charge is 0.433 e. The third kappa shape index (κ3) is 5.47. The largest absolute Gasteiger partial charge is 0.436 e. The van der Waals surface area contributed by atoms with Crippen LogP contribution in [0.5, 0.6) is 11.6 Å². The number of hydrogen-bond acceptors (Lipinski definition) is 9. The van der Waals surface area contributed by atoms with Gasteiger partial charge in [0.2, 0.25) is 11.8 Å². The lowest BCUT2D eigenvalue weighted by Gasteiger charge is -2.16. The van der Waals surface area contributed by atoms with E-state index < -0.39 is 22.6 Å². The van der Waals surface area contributed by atoms with Crippen molar-refractivity contribution in [2.45, 2.75) is 19.1 Å². The zero-order valence-electron chi connectivity index (χ0n) is 18.9. The van der Waals surface area contributed by atoms with Crippen LogP contribution >= 0.6 is 11.6 Å². The van der Waals surface area contributed by atoms with Gasteiger partial charge in [0.1, 0.15) is 16.4 Å². The number of methoxy groups -OCH3 is 1. The molecule has 14 heteroatoms. The average Bonchev–Trinajstić information content (AvgIpc) is 2.79. The molecule has 0 saturated carbocycles. The number of nitrogens with one attached hydrogen (secondary N) is 2. The summed E-state index contributed by atoms with van der Waals surface area (Å²) in [7, 11) is 1.53. The number of fused-ring (bicyclic) bond motifs is 1. The highest BCUT2D eigenvalue weighted by Gasteiger charge is 2.33. The molecular formula is C22H19ClF3N7O3. The first-order valence-electron chi connectivity index (χ1n) is 10.4. The van der Waals surface area contributed by atoms with Crippen molar-refractivity contribution in [2.75, 3.05) is 24.8 Å². The fourth-order valence-corrected chi connectivity index (χ4v) is 3.52. The highest BCUT2D eigenvalue weighted by Crippen LogP contribution is 2.35. The summed E-state index contributed by atoms with van der Waals surface area (Å²) in [5, 5.41) is 2.63. The molecule has 188 valence electrons. The molecule has 4 aromatic rings. The van der Waals surface area contributed by atoms with Crippen molar-refractivity contribution in [3.8, 4) is 22.9 Å². The summed E-state index contributed by atoms with van der Waals surface area (Å²) in [4.78, 5) is 30.6. The number of para-hydroxylation sites is 1. The third-order valence-corrected chi connectivity index (χ3v) is 5.12. The van der Waals surface area contributed by atoms with E-state index in [0.717, 1.165) is 12.1 Å². The number of aromatic nitrogens is 5. The third-order valence-electron chi connectivity index (χ3n) is 4.84. The van der Waals surface area contributed by atoms with Crippen LogP contribution in [0.15, 0.2) is 41.2 Å². The molecule has 0 aliphatic heterocycles. The van der Waals surface area contributed by atoms with Gasteiger partial charge in [-0.05, 0) is 31.2 Å². The molecule has 0 amide bonds. The number of halogens is 4. The fraction of sp³-hybridized carbons (Fsp3) is 0.227. The molecule has 3 aromatic heterocycles. The van der Waals surface area contributed by atoms with Crippen LogP contribution in [-0.4, -0.2) is 44.7 Å². The second-order valence-corrected chi connectivity index (χ2v) is 8.01. The van der Waals surface area contributed by atoms with Crippen LogP contribution in [-0.2, 0) is 10.9 Å².